The number of aliphatic carboxylic acids is 1. The first-order valence-electron chi connectivity index (χ1n) is 9.33. The fourth-order valence-corrected chi connectivity index (χ4v) is 3.31. The second kappa shape index (κ2) is 9.28. The van der Waals surface area contributed by atoms with E-state index in [1.54, 1.807) is 17.8 Å². The van der Waals surface area contributed by atoms with Crippen LogP contribution in [0.5, 0.6) is 5.75 Å². The number of ketones is 1. The number of carboxylic acids is 1. The molecular formula is C23H28O4S. The maximum absolute atomic E-state index is 12.8. The van der Waals surface area contributed by atoms with E-state index in [9.17, 15) is 14.7 Å². The minimum atomic E-state index is -1.30. The lowest BCUT2D eigenvalue weighted by atomic mass is 9.84. The van der Waals surface area contributed by atoms with Gasteiger partial charge in [0.05, 0.1) is 0 Å². The van der Waals surface area contributed by atoms with Crippen molar-refractivity contribution < 1.29 is 19.4 Å². The van der Waals surface area contributed by atoms with Gasteiger partial charge < -0.3 is 9.84 Å². The Hall–Kier alpha value is -2.27. The van der Waals surface area contributed by atoms with Gasteiger partial charge in [0, 0.05) is 16.4 Å². The van der Waals surface area contributed by atoms with Crippen LogP contribution in [0.4, 0.5) is 0 Å². The largest absolute Gasteiger partial charge is 0.478 e. The van der Waals surface area contributed by atoms with Crippen molar-refractivity contribution in [2.75, 3.05) is 6.26 Å². The first-order valence-corrected chi connectivity index (χ1v) is 10.6. The van der Waals surface area contributed by atoms with Crippen LogP contribution in [0, 0.1) is 11.8 Å². The van der Waals surface area contributed by atoms with Crippen molar-refractivity contribution in [2.24, 2.45) is 11.8 Å². The van der Waals surface area contributed by atoms with Gasteiger partial charge in [0.1, 0.15) is 5.75 Å². The van der Waals surface area contributed by atoms with Gasteiger partial charge in [-0.15, -0.1) is 11.8 Å². The van der Waals surface area contributed by atoms with Crippen molar-refractivity contribution in [2.45, 2.75) is 44.6 Å². The molecule has 2 rings (SSSR count). The Morgan fingerprint density at radius 1 is 1.11 bits per heavy atom. The molecule has 0 unspecified atom stereocenters. The SMILES string of the molecule is CSc1ccc(C(=O)[C@@H](C)[C@H](C)Cc2cccc(OC(C)(C)C(=O)O)c2)cc1. The molecule has 0 radical (unpaired) electrons. The molecule has 0 saturated heterocycles. The van der Waals surface area contributed by atoms with E-state index in [2.05, 4.69) is 6.92 Å². The molecule has 0 fully saturated rings. The summed E-state index contributed by atoms with van der Waals surface area (Å²) >= 11 is 1.65. The van der Waals surface area contributed by atoms with Gasteiger partial charge in [-0.1, -0.05) is 38.1 Å². The molecule has 0 spiro atoms. The number of carbonyl (C=O) groups is 2. The zero-order valence-electron chi connectivity index (χ0n) is 17.1. The van der Waals surface area contributed by atoms with Crippen LogP contribution in [0.15, 0.2) is 53.4 Å². The van der Waals surface area contributed by atoms with E-state index < -0.39 is 11.6 Å². The van der Waals surface area contributed by atoms with Crippen molar-refractivity contribution in [1.82, 2.24) is 0 Å². The smallest absolute Gasteiger partial charge is 0.347 e. The molecule has 0 aromatic heterocycles. The van der Waals surface area contributed by atoms with Gasteiger partial charge in [-0.25, -0.2) is 4.79 Å². The summed E-state index contributed by atoms with van der Waals surface area (Å²) in [5, 5.41) is 9.23. The fourth-order valence-electron chi connectivity index (χ4n) is 2.90. The molecule has 4 nitrogen and oxygen atoms in total. The normalized spacial score (nSPS) is 13.6. The Kier molecular flexibility index (Phi) is 7.30. The van der Waals surface area contributed by atoms with Crippen LogP contribution in [0.25, 0.3) is 0 Å². The minimum Gasteiger partial charge on any atom is -0.478 e. The van der Waals surface area contributed by atoms with Gasteiger partial charge in [-0.05, 0) is 62.3 Å². The van der Waals surface area contributed by atoms with E-state index >= 15 is 0 Å². The summed E-state index contributed by atoms with van der Waals surface area (Å²) in [6, 6.07) is 15.1. The third-order valence-corrected chi connectivity index (χ3v) is 5.73. The third-order valence-electron chi connectivity index (χ3n) is 4.99. The highest BCUT2D eigenvalue weighted by Gasteiger charge is 2.29. The molecule has 0 aliphatic heterocycles. The Morgan fingerprint density at radius 3 is 2.32 bits per heavy atom. The summed E-state index contributed by atoms with van der Waals surface area (Å²) in [4.78, 5) is 25.2. The van der Waals surface area contributed by atoms with Crippen molar-refractivity contribution in [3.63, 3.8) is 0 Å². The zero-order valence-corrected chi connectivity index (χ0v) is 17.9. The van der Waals surface area contributed by atoms with Crippen LogP contribution >= 0.6 is 11.8 Å². The number of hydrogen-bond donors (Lipinski definition) is 1. The summed E-state index contributed by atoms with van der Waals surface area (Å²) in [5.41, 5.74) is 0.456. The van der Waals surface area contributed by atoms with E-state index in [0.29, 0.717) is 12.2 Å². The summed E-state index contributed by atoms with van der Waals surface area (Å²) in [5.74, 6) is -0.350. The minimum absolute atomic E-state index is 0.125. The van der Waals surface area contributed by atoms with Gasteiger partial charge >= 0.3 is 5.97 Å². The summed E-state index contributed by atoms with van der Waals surface area (Å²) in [6.07, 6.45) is 2.72. The van der Waals surface area contributed by atoms with E-state index in [0.717, 1.165) is 16.0 Å². The Bertz CT molecular complexity index is 827. The number of benzene rings is 2. The molecule has 2 atom stereocenters. The lowest BCUT2D eigenvalue weighted by molar-refractivity contribution is -0.152. The molecule has 2 aromatic carbocycles. The first-order chi connectivity index (χ1) is 13.1. The lowest BCUT2D eigenvalue weighted by Gasteiger charge is -2.23. The summed E-state index contributed by atoms with van der Waals surface area (Å²) in [7, 11) is 0. The standard InChI is InChI=1S/C23H28O4S/c1-15(16(2)21(24)18-9-11-20(28-5)12-10-18)13-17-7-6-8-19(14-17)27-23(3,4)22(25)26/h6-12,14-16H,13H2,1-5H3,(H,25,26)/t15-,16+/m1/s1. The molecule has 150 valence electrons. The van der Waals surface area contributed by atoms with Gasteiger partial charge in [0.25, 0.3) is 0 Å². The van der Waals surface area contributed by atoms with Gasteiger partial charge in [-0.2, -0.15) is 0 Å². The van der Waals surface area contributed by atoms with E-state index in [4.69, 9.17) is 4.74 Å². The van der Waals surface area contributed by atoms with Gasteiger partial charge in [0.15, 0.2) is 11.4 Å². The average Bonchev–Trinajstić information content (AvgIpc) is 2.66. The van der Waals surface area contributed by atoms with E-state index in [-0.39, 0.29) is 17.6 Å². The quantitative estimate of drug-likeness (QED) is 0.454. The molecule has 0 aliphatic carbocycles. The van der Waals surface area contributed by atoms with Gasteiger partial charge in [0.2, 0.25) is 0 Å². The number of carboxylic acid groups (broad SMARTS) is 1. The zero-order chi connectivity index (χ0) is 20.9. The van der Waals surface area contributed by atoms with E-state index in [1.165, 1.54) is 13.8 Å². The predicted molar refractivity (Wildman–Crippen MR) is 113 cm³/mol. The number of thioether (sulfide) groups is 1. The molecule has 0 saturated carbocycles. The molecule has 5 heteroatoms. The molecule has 1 N–H and O–H groups in total. The molecule has 0 aliphatic rings. The van der Waals surface area contributed by atoms with Crippen molar-refractivity contribution >= 4 is 23.5 Å². The third kappa shape index (κ3) is 5.61. The second-order valence-corrected chi connectivity index (χ2v) is 8.51. The number of ether oxygens (including phenoxy) is 1. The molecule has 0 amide bonds. The van der Waals surface area contributed by atoms with Crippen LogP contribution in [0.2, 0.25) is 0 Å². The molecule has 0 bridgehead atoms. The molecule has 2 aromatic rings. The van der Waals surface area contributed by atoms with E-state index in [1.807, 2.05) is 55.6 Å². The summed E-state index contributed by atoms with van der Waals surface area (Å²) in [6.45, 7) is 7.07. The topological polar surface area (TPSA) is 63.6 Å². The average molecular weight is 401 g/mol. The van der Waals surface area contributed by atoms with Crippen LogP contribution in [-0.2, 0) is 11.2 Å². The Labute approximate surface area is 171 Å². The van der Waals surface area contributed by atoms with Crippen LogP contribution in [0.3, 0.4) is 0 Å². The molecule has 0 heterocycles. The number of hydrogen-bond acceptors (Lipinski definition) is 4. The van der Waals surface area contributed by atoms with Crippen molar-refractivity contribution in [1.29, 1.82) is 0 Å². The van der Waals surface area contributed by atoms with Crippen LogP contribution < -0.4 is 4.74 Å². The van der Waals surface area contributed by atoms with Crippen LogP contribution in [-0.4, -0.2) is 28.7 Å². The molecular weight excluding hydrogens is 372 g/mol. The second-order valence-electron chi connectivity index (χ2n) is 7.63. The highest BCUT2D eigenvalue weighted by molar-refractivity contribution is 7.98. The van der Waals surface area contributed by atoms with Crippen LogP contribution in [0.1, 0.15) is 43.6 Å². The first kappa shape index (κ1) is 22.0. The lowest BCUT2D eigenvalue weighted by Crippen LogP contribution is -2.37. The Morgan fingerprint density at radius 2 is 1.75 bits per heavy atom. The fraction of sp³-hybridized carbons (Fsp3) is 0.391. The Balaban J connectivity index is 2.06. The van der Waals surface area contributed by atoms with Gasteiger partial charge in [-0.3, -0.25) is 4.79 Å². The molecule has 28 heavy (non-hydrogen) atoms. The van der Waals surface area contributed by atoms with Crippen molar-refractivity contribution in [3.8, 4) is 5.75 Å². The maximum Gasteiger partial charge on any atom is 0.347 e. The number of Topliss-reactive ketones (excluding diaryl/α,β-unsaturated/α-hetero) is 1. The highest BCUT2D eigenvalue weighted by atomic mass is 32.2. The van der Waals surface area contributed by atoms with Crippen molar-refractivity contribution in [3.05, 3.63) is 59.7 Å². The monoisotopic (exact) mass is 400 g/mol. The summed E-state index contributed by atoms with van der Waals surface area (Å²) < 4.78 is 5.62. The number of rotatable bonds is 9. The number of carbonyl (C=O) groups excluding carboxylic acids is 1. The maximum atomic E-state index is 12.8. The predicted octanol–water partition coefficient (Wildman–Crippen LogP) is 5.35. The highest BCUT2D eigenvalue weighted by Crippen LogP contribution is 2.26.